The van der Waals surface area contributed by atoms with Crippen molar-refractivity contribution in [3.63, 3.8) is 0 Å². The molecule has 2 aromatic heterocycles. The van der Waals surface area contributed by atoms with Crippen LogP contribution in [0.4, 0.5) is 0 Å². The van der Waals surface area contributed by atoms with E-state index in [2.05, 4.69) is 4.98 Å². The van der Waals surface area contributed by atoms with E-state index in [-0.39, 0.29) is 36.8 Å². The summed E-state index contributed by atoms with van der Waals surface area (Å²) >= 11 is 0. The van der Waals surface area contributed by atoms with Crippen molar-refractivity contribution in [2.24, 2.45) is 5.73 Å². The highest BCUT2D eigenvalue weighted by molar-refractivity contribution is 5.94. The fraction of sp³-hybridized carbons (Fsp3) is 0.333. The van der Waals surface area contributed by atoms with Crippen LogP contribution in [-0.4, -0.2) is 39.3 Å². The molecule has 5 nitrogen and oxygen atoms in total. The maximum Gasteiger partial charge on any atom is 0.255 e. The minimum absolute atomic E-state index is 0. The minimum Gasteiger partial charge on any atom is -0.337 e. The number of rotatable bonds is 1. The molecule has 1 unspecified atom stereocenters. The first-order valence-electron chi connectivity index (χ1n) is 5.71. The van der Waals surface area contributed by atoms with Crippen LogP contribution in [0.3, 0.4) is 0 Å². The van der Waals surface area contributed by atoms with Crippen LogP contribution in [0.25, 0.3) is 5.65 Å². The lowest BCUT2D eigenvalue weighted by Crippen LogP contribution is -2.31. The van der Waals surface area contributed by atoms with Gasteiger partial charge in [-0.25, -0.2) is 4.98 Å². The molecule has 1 atom stereocenters. The van der Waals surface area contributed by atoms with E-state index in [4.69, 9.17) is 5.73 Å². The first kappa shape index (κ1) is 15.8. The molecular weight excluding hydrogens is 287 g/mol. The SMILES string of the molecule is Cl.Cl.NC1CCN(C(=O)c2ccc3nccn3c2)C1. The Bertz CT molecular complexity index is 572. The summed E-state index contributed by atoms with van der Waals surface area (Å²) in [5.41, 5.74) is 7.34. The molecule has 0 saturated carbocycles. The van der Waals surface area contributed by atoms with E-state index in [1.807, 2.05) is 33.8 Å². The van der Waals surface area contributed by atoms with Crippen molar-refractivity contribution in [3.8, 4) is 0 Å². The van der Waals surface area contributed by atoms with Crippen LogP contribution in [0.15, 0.2) is 30.7 Å². The molecule has 3 heterocycles. The second-order valence-electron chi connectivity index (χ2n) is 4.41. The van der Waals surface area contributed by atoms with Crippen LogP contribution in [0.2, 0.25) is 0 Å². The molecular formula is C12H16Cl2N4O. The Morgan fingerprint density at radius 1 is 1.37 bits per heavy atom. The number of nitrogens with two attached hydrogens (primary N) is 1. The largest absolute Gasteiger partial charge is 0.337 e. The topological polar surface area (TPSA) is 63.6 Å². The number of aromatic nitrogens is 2. The highest BCUT2D eigenvalue weighted by Gasteiger charge is 2.24. The summed E-state index contributed by atoms with van der Waals surface area (Å²) in [5, 5.41) is 0. The van der Waals surface area contributed by atoms with Gasteiger partial charge in [-0.05, 0) is 18.6 Å². The second kappa shape index (κ2) is 6.23. The molecule has 0 spiro atoms. The Hall–Kier alpha value is -1.30. The van der Waals surface area contributed by atoms with Gasteiger partial charge in [0.1, 0.15) is 5.65 Å². The molecule has 0 aliphatic carbocycles. The highest BCUT2D eigenvalue weighted by atomic mass is 35.5. The van der Waals surface area contributed by atoms with Crippen LogP contribution < -0.4 is 5.73 Å². The van der Waals surface area contributed by atoms with E-state index >= 15 is 0 Å². The van der Waals surface area contributed by atoms with Crippen molar-refractivity contribution in [3.05, 3.63) is 36.3 Å². The van der Waals surface area contributed by atoms with Gasteiger partial charge >= 0.3 is 0 Å². The molecule has 1 amide bonds. The number of hydrogen-bond donors (Lipinski definition) is 1. The molecule has 1 aliphatic rings. The quantitative estimate of drug-likeness (QED) is 0.865. The van der Waals surface area contributed by atoms with E-state index in [9.17, 15) is 4.79 Å². The Kier molecular flexibility index (Phi) is 5.17. The normalized spacial score (nSPS) is 17.9. The van der Waals surface area contributed by atoms with Crippen molar-refractivity contribution < 1.29 is 4.79 Å². The zero-order valence-electron chi connectivity index (χ0n) is 10.2. The predicted octanol–water partition coefficient (Wildman–Crippen LogP) is 1.35. The Labute approximate surface area is 123 Å². The number of nitrogens with zero attached hydrogens (tertiary/aromatic N) is 3. The van der Waals surface area contributed by atoms with Gasteiger partial charge in [-0.3, -0.25) is 4.79 Å². The van der Waals surface area contributed by atoms with Gasteiger partial charge in [0, 0.05) is 37.7 Å². The minimum atomic E-state index is 0. The van der Waals surface area contributed by atoms with Crippen molar-refractivity contribution in [1.82, 2.24) is 14.3 Å². The molecule has 1 fully saturated rings. The molecule has 3 rings (SSSR count). The Morgan fingerprint density at radius 3 is 2.84 bits per heavy atom. The number of fused-ring (bicyclic) bond motifs is 1. The zero-order valence-corrected chi connectivity index (χ0v) is 11.9. The van der Waals surface area contributed by atoms with E-state index in [0.29, 0.717) is 12.1 Å². The molecule has 2 aromatic rings. The summed E-state index contributed by atoms with van der Waals surface area (Å²) in [6.45, 7) is 1.41. The number of hydrogen-bond acceptors (Lipinski definition) is 3. The summed E-state index contributed by atoms with van der Waals surface area (Å²) < 4.78 is 1.85. The van der Waals surface area contributed by atoms with Crippen LogP contribution in [0, 0.1) is 0 Å². The monoisotopic (exact) mass is 302 g/mol. The lowest BCUT2D eigenvalue weighted by Gasteiger charge is -2.15. The van der Waals surface area contributed by atoms with Crippen LogP contribution in [0.1, 0.15) is 16.8 Å². The van der Waals surface area contributed by atoms with Gasteiger partial charge in [-0.15, -0.1) is 24.8 Å². The predicted molar refractivity (Wildman–Crippen MR) is 78.2 cm³/mol. The second-order valence-corrected chi connectivity index (χ2v) is 4.41. The number of likely N-dealkylation sites (tertiary alicyclic amines) is 1. The molecule has 1 saturated heterocycles. The molecule has 0 radical (unpaired) electrons. The first-order chi connectivity index (χ1) is 8.24. The summed E-state index contributed by atoms with van der Waals surface area (Å²) in [6.07, 6.45) is 6.25. The van der Waals surface area contributed by atoms with Gasteiger partial charge in [0.25, 0.3) is 5.91 Å². The third-order valence-electron chi connectivity index (χ3n) is 3.15. The summed E-state index contributed by atoms with van der Waals surface area (Å²) in [5.74, 6) is 0.0496. The summed E-state index contributed by atoms with van der Waals surface area (Å²) in [4.78, 5) is 18.1. The van der Waals surface area contributed by atoms with E-state index in [0.717, 1.165) is 18.6 Å². The van der Waals surface area contributed by atoms with Crippen molar-refractivity contribution in [2.45, 2.75) is 12.5 Å². The molecule has 1 aliphatic heterocycles. The number of pyridine rings is 1. The third-order valence-corrected chi connectivity index (χ3v) is 3.15. The third kappa shape index (κ3) is 3.00. The molecule has 7 heteroatoms. The first-order valence-corrected chi connectivity index (χ1v) is 5.71. The number of halogens is 2. The van der Waals surface area contributed by atoms with Gasteiger partial charge in [-0.1, -0.05) is 0 Å². The van der Waals surface area contributed by atoms with Gasteiger partial charge in [0.15, 0.2) is 0 Å². The Balaban J connectivity index is 0.000000902. The van der Waals surface area contributed by atoms with E-state index < -0.39 is 0 Å². The summed E-state index contributed by atoms with van der Waals surface area (Å²) in [6, 6.07) is 3.79. The van der Waals surface area contributed by atoms with Crippen LogP contribution >= 0.6 is 24.8 Å². The number of imidazole rings is 1. The molecule has 0 bridgehead atoms. The van der Waals surface area contributed by atoms with Gasteiger partial charge in [-0.2, -0.15) is 0 Å². The number of amides is 1. The zero-order chi connectivity index (χ0) is 11.8. The number of carbonyl (C=O) groups excluding carboxylic acids is 1. The molecule has 2 N–H and O–H groups in total. The van der Waals surface area contributed by atoms with Gasteiger partial charge < -0.3 is 15.0 Å². The molecule has 0 aromatic carbocycles. The van der Waals surface area contributed by atoms with E-state index in [1.54, 1.807) is 6.20 Å². The van der Waals surface area contributed by atoms with Crippen molar-refractivity contribution >= 4 is 36.4 Å². The highest BCUT2D eigenvalue weighted by Crippen LogP contribution is 2.13. The molecule has 19 heavy (non-hydrogen) atoms. The van der Waals surface area contributed by atoms with Crippen molar-refractivity contribution in [1.29, 1.82) is 0 Å². The lowest BCUT2D eigenvalue weighted by molar-refractivity contribution is 0.0790. The standard InChI is InChI=1S/C12H14N4O.2ClH/c13-10-3-5-16(8-10)12(17)9-1-2-11-14-4-6-15(11)7-9;;/h1-2,4,6-7,10H,3,5,8,13H2;2*1H. The van der Waals surface area contributed by atoms with E-state index in [1.165, 1.54) is 0 Å². The smallest absolute Gasteiger partial charge is 0.255 e. The van der Waals surface area contributed by atoms with Gasteiger partial charge in [0.2, 0.25) is 0 Å². The van der Waals surface area contributed by atoms with Gasteiger partial charge in [0.05, 0.1) is 5.56 Å². The summed E-state index contributed by atoms with van der Waals surface area (Å²) in [7, 11) is 0. The van der Waals surface area contributed by atoms with Crippen LogP contribution in [-0.2, 0) is 0 Å². The average Bonchev–Trinajstić information content (AvgIpc) is 2.95. The maximum atomic E-state index is 12.2. The van der Waals surface area contributed by atoms with Crippen molar-refractivity contribution in [2.75, 3.05) is 13.1 Å². The molecule has 104 valence electrons. The fourth-order valence-electron chi connectivity index (χ4n) is 2.20. The average molecular weight is 303 g/mol. The fourth-order valence-corrected chi connectivity index (χ4v) is 2.20. The maximum absolute atomic E-state index is 12.2. The Morgan fingerprint density at radius 2 is 2.16 bits per heavy atom. The lowest BCUT2D eigenvalue weighted by atomic mass is 10.2. The number of carbonyl (C=O) groups is 1. The van der Waals surface area contributed by atoms with Crippen LogP contribution in [0.5, 0.6) is 0 Å².